The summed E-state index contributed by atoms with van der Waals surface area (Å²) in [6.07, 6.45) is -0.748. The number of alkyl carbamates (subject to hydrolysis) is 1. The summed E-state index contributed by atoms with van der Waals surface area (Å²) in [4.78, 5) is 11.9. The van der Waals surface area contributed by atoms with Crippen LogP contribution in [-0.4, -0.2) is 6.09 Å². The fraction of sp³-hybridized carbons (Fsp3) is 0.125. The number of amides is 1. The van der Waals surface area contributed by atoms with E-state index in [1.54, 1.807) is 0 Å². The van der Waals surface area contributed by atoms with Crippen molar-refractivity contribution in [2.24, 2.45) is 0 Å². The summed E-state index contributed by atoms with van der Waals surface area (Å²) in [5.74, 6) is 6.37. The Morgan fingerprint density at radius 3 is 2.33 bits per heavy atom. The van der Waals surface area contributed by atoms with E-state index in [0.29, 0.717) is 0 Å². The number of ether oxygens (including phenoxy) is 1. The van der Waals surface area contributed by atoms with Gasteiger partial charge in [-0.2, -0.15) is 0 Å². The number of rotatable bonds is 2. The van der Waals surface area contributed by atoms with Gasteiger partial charge in [0, 0.05) is 11.1 Å². The Labute approximate surface area is 159 Å². The Morgan fingerprint density at radius 1 is 0.815 bits per heavy atom. The van der Waals surface area contributed by atoms with E-state index in [1.165, 1.54) is 0 Å². The highest BCUT2D eigenvalue weighted by molar-refractivity contribution is 5.71. The zero-order valence-corrected chi connectivity index (χ0v) is 15.0. The number of hydrogen-bond acceptors (Lipinski definition) is 2. The van der Waals surface area contributed by atoms with Crippen LogP contribution >= 0.6 is 0 Å². The van der Waals surface area contributed by atoms with Crippen LogP contribution in [-0.2, 0) is 4.74 Å². The standard InChI is InChI=1S/C24H19NO2/c1-17-7-5-12-21(15-17)23-22(25-24(26)27-23)20-11-6-10-19(16-20)14-13-18-8-3-2-4-9-18/h2-12,15-16,22-23H,1H3,(H,25,26)/t22-,23+/m1/s1. The Balaban J connectivity index is 1.64. The van der Waals surface area contributed by atoms with Crippen molar-refractivity contribution in [3.05, 3.63) is 107 Å². The lowest BCUT2D eigenvalue weighted by atomic mass is 9.94. The maximum absolute atomic E-state index is 11.9. The molecule has 3 aromatic rings. The molecule has 1 heterocycles. The maximum atomic E-state index is 11.9. The number of carbonyl (C=O) groups is 1. The fourth-order valence-corrected chi connectivity index (χ4v) is 3.26. The molecule has 4 rings (SSSR count). The van der Waals surface area contributed by atoms with E-state index in [9.17, 15) is 4.79 Å². The summed E-state index contributed by atoms with van der Waals surface area (Å²) >= 11 is 0. The Hall–Kier alpha value is -3.51. The molecule has 0 bridgehead atoms. The topological polar surface area (TPSA) is 38.3 Å². The second-order valence-electron chi connectivity index (χ2n) is 6.60. The van der Waals surface area contributed by atoms with Gasteiger partial charge in [0.15, 0.2) is 6.10 Å². The molecule has 1 saturated heterocycles. The summed E-state index contributed by atoms with van der Waals surface area (Å²) < 4.78 is 5.55. The molecule has 0 aromatic heterocycles. The van der Waals surface area contributed by atoms with E-state index in [1.807, 2.05) is 79.7 Å². The van der Waals surface area contributed by atoms with Gasteiger partial charge in [0.05, 0.1) is 6.04 Å². The molecule has 27 heavy (non-hydrogen) atoms. The third kappa shape index (κ3) is 3.86. The van der Waals surface area contributed by atoms with Crippen LogP contribution in [0.25, 0.3) is 0 Å². The van der Waals surface area contributed by atoms with Crippen LogP contribution < -0.4 is 5.32 Å². The maximum Gasteiger partial charge on any atom is 0.408 e. The summed E-state index contributed by atoms with van der Waals surface area (Å²) in [5.41, 5.74) is 4.97. The molecule has 1 fully saturated rings. The molecule has 0 aliphatic carbocycles. The zero-order valence-electron chi connectivity index (χ0n) is 15.0. The number of benzene rings is 3. The van der Waals surface area contributed by atoms with Gasteiger partial charge in [0.1, 0.15) is 0 Å². The van der Waals surface area contributed by atoms with Gasteiger partial charge < -0.3 is 10.1 Å². The molecule has 3 aromatic carbocycles. The molecule has 132 valence electrons. The number of cyclic esters (lactones) is 1. The van der Waals surface area contributed by atoms with Crippen molar-refractivity contribution in [3.63, 3.8) is 0 Å². The van der Waals surface area contributed by atoms with Crippen molar-refractivity contribution < 1.29 is 9.53 Å². The zero-order chi connectivity index (χ0) is 18.6. The normalized spacial score (nSPS) is 18.2. The molecule has 1 N–H and O–H groups in total. The first-order valence-electron chi connectivity index (χ1n) is 8.90. The van der Waals surface area contributed by atoms with Gasteiger partial charge >= 0.3 is 6.09 Å². The Kier molecular flexibility index (Phi) is 4.63. The molecule has 0 radical (unpaired) electrons. The summed E-state index contributed by atoms with van der Waals surface area (Å²) in [6.45, 7) is 2.03. The van der Waals surface area contributed by atoms with E-state index < -0.39 is 6.09 Å². The van der Waals surface area contributed by atoms with Gasteiger partial charge in [-0.1, -0.05) is 72.0 Å². The summed E-state index contributed by atoms with van der Waals surface area (Å²) in [7, 11) is 0. The van der Waals surface area contributed by atoms with E-state index in [0.717, 1.165) is 27.8 Å². The molecular formula is C24H19NO2. The minimum atomic E-state index is -0.396. The SMILES string of the molecule is Cc1cccc([C@@H]2OC(=O)N[C@@H]2c2cccc(C#Cc3ccccc3)c2)c1. The summed E-state index contributed by atoms with van der Waals surface area (Å²) in [5, 5.41) is 2.93. The highest BCUT2D eigenvalue weighted by atomic mass is 16.6. The van der Waals surface area contributed by atoms with Crippen molar-refractivity contribution >= 4 is 6.09 Å². The predicted octanol–water partition coefficient (Wildman–Crippen LogP) is 4.92. The molecule has 3 nitrogen and oxygen atoms in total. The van der Waals surface area contributed by atoms with Crippen molar-refractivity contribution in [3.8, 4) is 11.8 Å². The average Bonchev–Trinajstić information content (AvgIpc) is 3.09. The molecule has 3 heteroatoms. The summed E-state index contributed by atoms with van der Waals surface area (Å²) in [6, 6.07) is 25.6. The second-order valence-corrected chi connectivity index (χ2v) is 6.60. The average molecular weight is 353 g/mol. The minimum absolute atomic E-state index is 0.238. The lowest BCUT2D eigenvalue weighted by Gasteiger charge is -2.18. The minimum Gasteiger partial charge on any atom is -0.439 e. The first-order valence-corrected chi connectivity index (χ1v) is 8.90. The van der Waals surface area contributed by atoms with Crippen LogP contribution in [0.5, 0.6) is 0 Å². The van der Waals surface area contributed by atoms with Crippen LogP contribution in [0.4, 0.5) is 4.79 Å². The molecule has 2 atom stereocenters. The van der Waals surface area contributed by atoms with E-state index in [2.05, 4.69) is 23.2 Å². The number of carbonyl (C=O) groups excluding carboxylic acids is 1. The monoisotopic (exact) mass is 353 g/mol. The van der Waals surface area contributed by atoms with Crippen LogP contribution in [0.15, 0.2) is 78.9 Å². The molecule has 0 unspecified atom stereocenters. The number of nitrogens with one attached hydrogen (secondary N) is 1. The van der Waals surface area contributed by atoms with E-state index in [-0.39, 0.29) is 12.1 Å². The molecule has 1 aliphatic heterocycles. The lowest BCUT2D eigenvalue weighted by Crippen LogP contribution is -2.19. The quantitative estimate of drug-likeness (QED) is 0.664. The largest absolute Gasteiger partial charge is 0.439 e. The third-order valence-electron chi connectivity index (χ3n) is 4.55. The van der Waals surface area contributed by atoms with Crippen LogP contribution in [0.2, 0.25) is 0 Å². The fourth-order valence-electron chi connectivity index (χ4n) is 3.26. The van der Waals surface area contributed by atoms with Gasteiger partial charge in [-0.25, -0.2) is 4.79 Å². The van der Waals surface area contributed by atoms with Gasteiger partial charge in [0.25, 0.3) is 0 Å². The van der Waals surface area contributed by atoms with Crippen LogP contribution in [0.3, 0.4) is 0 Å². The van der Waals surface area contributed by atoms with Crippen molar-refractivity contribution in [2.75, 3.05) is 0 Å². The lowest BCUT2D eigenvalue weighted by molar-refractivity contribution is 0.132. The molecular weight excluding hydrogens is 334 g/mol. The molecule has 0 spiro atoms. The first kappa shape index (κ1) is 16.9. The third-order valence-corrected chi connectivity index (χ3v) is 4.55. The van der Waals surface area contributed by atoms with Crippen molar-refractivity contribution in [1.29, 1.82) is 0 Å². The van der Waals surface area contributed by atoms with Gasteiger partial charge in [-0.15, -0.1) is 0 Å². The van der Waals surface area contributed by atoms with Gasteiger partial charge in [-0.05, 0) is 42.3 Å². The number of aryl methyl sites for hydroxylation is 1. The van der Waals surface area contributed by atoms with Gasteiger partial charge in [-0.3, -0.25) is 0 Å². The molecule has 1 amide bonds. The van der Waals surface area contributed by atoms with Crippen LogP contribution in [0, 0.1) is 18.8 Å². The van der Waals surface area contributed by atoms with Crippen LogP contribution in [0.1, 0.15) is 40.0 Å². The molecule has 0 saturated carbocycles. The van der Waals surface area contributed by atoms with Gasteiger partial charge in [0.2, 0.25) is 0 Å². The number of hydrogen-bond donors (Lipinski definition) is 1. The first-order chi connectivity index (χ1) is 13.2. The second kappa shape index (κ2) is 7.39. The Morgan fingerprint density at radius 2 is 1.52 bits per heavy atom. The highest BCUT2D eigenvalue weighted by Gasteiger charge is 2.36. The Bertz CT molecular complexity index is 1030. The van der Waals surface area contributed by atoms with E-state index in [4.69, 9.17) is 4.74 Å². The van der Waals surface area contributed by atoms with Crippen molar-refractivity contribution in [2.45, 2.75) is 19.1 Å². The molecule has 1 aliphatic rings. The smallest absolute Gasteiger partial charge is 0.408 e. The van der Waals surface area contributed by atoms with E-state index >= 15 is 0 Å². The predicted molar refractivity (Wildman–Crippen MR) is 105 cm³/mol. The van der Waals surface area contributed by atoms with Crippen molar-refractivity contribution in [1.82, 2.24) is 5.32 Å². The highest BCUT2D eigenvalue weighted by Crippen LogP contribution is 2.37.